The number of carbonyl (C=O) groups is 2. The van der Waals surface area contributed by atoms with Crippen LogP contribution in [0.4, 0.5) is 5.69 Å². The van der Waals surface area contributed by atoms with Crippen LogP contribution in [-0.4, -0.2) is 41.8 Å². The number of methoxy groups -OCH3 is 1. The van der Waals surface area contributed by atoms with Gasteiger partial charge in [-0.1, -0.05) is 0 Å². The number of esters is 2. The van der Waals surface area contributed by atoms with Crippen molar-refractivity contribution in [2.45, 2.75) is 6.92 Å². The van der Waals surface area contributed by atoms with Crippen molar-refractivity contribution in [2.24, 2.45) is 0 Å². The monoisotopic (exact) mass is 328 g/mol. The van der Waals surface area contributed by atoms with E-state index < -0.39 is 11.9 Å². The van der Waals surface area contributed by atoms with Gasteiger partial charge in [0.25, 0.3) is 5.69 Å². The van der Waals surface area contributed by atoms with Gasteiger partial charge in [0.2, 0.25) is 6.21 Å². The largest absolute Gasteiger partial charge is 0.465 e. The van der Waals surface area contributed by atoms with Gasteiger partial charge in [-0.05, 0) is 43.3 Å². The molecule has 0 aliphatic carbocycles. The molecule has 0 aliphatic heterocycles. The Hall–Kier alpha value is -3.15. The summed E-state index contributed by atoms with van der Waals surface area (Å²) >= 11 is 0. The third-order valence-corrected chi connectivity index (χ3v) is 3.25. The van der Waals surface area contributed by atoms with E-state index in [2.05, 4.69) is 4.74 Å². The van der Waals surface area contributed by atoms with Gasteiger partial charge in [-0.3, -0.25) is 5.21 Å². The summed E-state index contributed by atoms with van der Waals surface area (Å²) < 4.78 is 10.5. The van der Waals surface area contributed by atoms with Crippen LogP contribution in [0, 0.1) is 0 Å². The molecule has 6 nitrogen and oxygen atoms in total. The lowest BCUT2D eigenvalue weighted by atomic mass is 10.1. The number of nitrogens with zero attached hydrogens (tertiary/aromatic N) is 1. The maximum absolute atomic E-state index is 11.6. The van der Waals surface area contributed by atoms with Gasteiger partial charge < -0.3 is 9.47 Å². The Labute approximate surface area is 139 Å². The first-order valence-electron chi connectivity index (χ1n) is 7.33. The first kappa shape index (κ1) is 17.2. The zero-order valence-electron chi connectivity index (χ0n) is 13.4. The van der Waals surface area contributed by atoms with Gasteiger partial charge >= 0.3 is 11.9 Å². The smallest absolute Gasteiger partial charge is 0.338 e. The molecular weight excluding hydrogens is 310 g/mol. The minimum atomic E-state index is -0.419. The normalized spacial score (nSPS) is 11.0. The third-order valence-electron chi connectivity index (χ3n) is 3.25. The van der Waals surface area contributed by atoms with Crippen molar-refractivity contribution < 1.29 is 29.0 Å². The summed E-state index contributed by atoms with van der Waals surface area (Å²) in [6, 6.07) is 12.9. The second kappa shape index (κ2) is 7.92. The molecule has 0 heterocycles. The van der Waals surface area contributed by atoms with Gasteiger partial charge in [0.05, 0.1) is 24.8 Å². The molecule has 1 N–H and O–H groups in total. The molecule has 2 aromatic rings. The van der Waals surface area contributed by atoms with E-state index in [1.165, 1.54) is 13.3 Å². The number of benzene rings is 2. The van der Waals surface area contributed by atoms with E-state index >= 15 is 0 Å². The Bertz CT molecular complexity index is 748. The molecule has 0 saturated carbocycles. The van der Waals surface area contributed by atoms with Crippen molar-refractivity contribution in [3.05, 3.63) is 65.2 Å². The molecule has 0 atom stereocenters. The molecule has 0 spiro atoms. The van der Waals surface area contributed by atoms with Crippen molar-refractivity contribution in [1.82, 2.24) is 0 Å². The van der Waals surface area contributed by atoms with Crippen LogP contribution in [0.1, 0.15) is 33.2 Å². The molecule has 0 amide bonds. The van der Waals surface area contributed by atoms with Crippen LogP contribution in [0.2, 0.25) is 0 Å². The lowest BCUT2D eigenvalue weighted by Crippen LogP contribution is -2.06. The molecule has 0 radical (unpaired) electrons. The predicted molar refractivity (Wildman–Crippen MR) is 87.1 cm³/mol. The first-order chi connectivity index (χ1) is 11.5. The zero-order valence-corrected chi connectivity index (χ0v) is 13.4. The Morgan fingerprint density at radius 1 is 1.00 bits per heavy atom. The lowest BCUT2D eigenvalue weighted by molar-refractivity contribution is -0.709. The second-order valence-corrected chi connectivity index (χ2v) is 4.85. The fourth-order valence-corrected chi connectivity index (χ4v) is 2.00. The highest BCUT2D eigenvalue weighted by atomic mass is 16.5. The highest BCUT2D eigenvalue weighted by Crippen LogP contribution is 2.13. The fourth-order valence-electron chi connectivity index (χ4n) is 2.00. The van der Waals surface area contributed by atoms with Crippen molar-refractivity contribution in [3.8, 4) is 0 Å². The molecule has 0 unspecified atom stereocenters. The average Bonchev–Trinajstić information content (AvgIpc) is 2.62. The van der Waals surface area contributed by atoms with Gasteiger partial charge in [-0.2, -0.15) is 0 Å². The number of rotatable bonds is 5. The first-order valence-corrected chi connectivity index (χ1v) is 7.33. The Morgan fingerprint density at radius 3 is 2.08 bits per heavy atom. The quantitative estimate of drug-likeness (QED) is 0.300. The van der Waals surface area contributed by atoms with Gasteiger partial charge in [-0.25, -0.2) is 9.59 Å². The van der Waals surface area contributed by atoms with Crippen LogP contribution in [0.3, 0.4) is 0 Å². The zero-order chi connectivity index (χ0) is 17.5. The van der Waals surface area contributed by atoms with Crippen LogP contribution < -0.4 is 0 Å². The highest BCUT2D eigenvalue weighted by molar-refractivity contribution is 5.90. The summed E-state index contributed by atoms with van der Waals surface area (Å²) in [6.45, 7) is 2.05. The molecule has 124 valence electrons. The molecule has 0 bridgehead atoms. The summed E-state index contributed by atoms with van der Waals surface area (Å²) in [6.07, 6.45) is 1.49. The molecular formula is C18H18NO5+. The van der Waals surface area contributed by atoms with Crippen molar-refractivity contribution >= 4 is 23.8 Å². The van der Waals surface area contributed by atoms with Gasteiger partial charge in [0.1, 0.15) is 0 Å². The number of hydrogen-bond donors (Lipinski definition) is 1. The summed E-state index contributed by atoms with van der Waals surface area (Å²) in [5, 5.41) is 10.1. The Balaban J connectivity index is 2.15. The van der Waals surface area contributed by atoms with Crippen molar-refractivity contribution in [1.29, 1.82) is 0 Å². The van der Waals surface area contributed by atoms with Gasteiger partial charge in [0, 0.05) is 22.4 Å². The Kier molecular flexibility index (Phi) is 5.68. The van der Waals surface area contributed by atoms with Crippen LogP contribution in [0.25, 0.3) is 0 Å². The van der Waals surface area contributed by atoms with Gasteiger partial charge in [0.15, 0.2) is 0 Å². The third kappa shape index (κ3) is 4.19. The minimum Gasteiger partial charge on any atom is -0.465 e. The van der Waals surface area contributed by atoms with E-state index in [1.807, 2.05) is 0 Å². The molecule has 2 aromatic carbocycles. The van der Waals surface area contributed by atoms with Crippen LogP contribution in [0.5, 0.6) is 0 Å². The number of carbonyl (C=O) groups excluding carboxylic acids is 2. The van der Waals surface area contributed by atoms with E-state index in [-0.39, 0.29) is 0 Å². The molecule has 0 aromatic heterocycles. The lowest BCUT2D eigenvalue weighted by Gasteiger charge is -2.01. The SMILES string of the molecule is CCOC(=O)c1ccc([N+](O)=Cc2ccc(C(=O)OC)cc2)cc1. The molecule has 0 fully saturated rings. The standard InChI is InChI=1S/C18H18NO5/c1-3-24-18(21)15-8-10-16(11-9-15)19(22)12-13-4-6-14(7-5-13)17(20)23-2/h4-12,22H,3H2,1-2H3/q+1. The van der Waals surface area contributed by atoms with E-state index in [9.17, 15) is 14.8 Å². The fraction of sp³-hybridized carbons (Fsp3) is 0.167. The van der Waals surface area contributed by atoms with E-state index in [0.29, 0.717) is 29.0 Å². The van der Waals surface area contributed by atoms with E-state index in [1.54, 1.807) is 55.5 Å². The molecule has 2 rings (SSSR count). The van der Waals surface area contributed by atoms with Crippen LogP contribution in [0.15, 0.2) is 48.5 Å². The van der Waals surface area contributed by atoms with Gasteiger partial charge in [-0.15, -0.1) is 0 Å². The van der Waals surface area contributed by atoms with E-state index in [0.717, 1.165) is 4.74 Å². The highest BCUT2D eigenvalue weighted by Gasteiger charge is 2.12. The molecule has 24 heavy (non-hydrogen) atoms. The summed E-state index contributed by atoms with van der Waals surface area (Å²) in [4.78, 5) is 23.0. The van der Waals surface area contributed by atoms with Crippen molar-refractivity contribution in [3.63, 3.8) is 0 Å². The number of ether oxygens (including phenoxy) is 2. The van der Waals surface area contributed by atoms with Crippen molar-refractivity contribution in [2.75, 3.05) is 13.7 Å². The minimum absolute atomic E-state index is 0.308. The second-order valence-electron chi connectivity index (χ2n) is 4.85. The predicted octanol–water partition coefficient (Wildman–Crippen LogP) is 2.80. The summed E-state index contributed by atoms with van der Waals surface area (Å²) in [7, 11) is 1.32. The molecule has 6 heteroatoms. The maximum Gasteiger partial charge on any atom is 0.338 e. The topological polar surface area (TPSA) is 75.8 Å². The molecule has 0 saturated heterocycles. The van der Waals surface area contributed by atoms with Crippen LogP contribution >= 0.6 is 0 Å². The average molecular weight is 328 g/mol. The molecule has 0 aliphatic rings. The summed E-state index contributed by atoms with van der Waals surface area (Å²) in [5.74, 6) is -0.826. The van der Waals surface area contributed by atoms with Crippen LogP contribution in [-0.2, 0) is 9.47 Å². The van der Waals surface area contributed by atoms with E-state index in [4.69, 9.17) is 4.74 Å². The maximum atomic E-state index is 11.6. The summed E-state index contributed by atoms with van der Waals surface area (Å²) in [5.41, 5.74) is 2.02. The number of hydrogen-bond acceptors (Lipinski definition) is 5. The Morgan fingerprint density at radius 2 is 1.54 bits per heavy atom.